The van der Waals surface area contributed by atoms with E-state index in [1.807, 2.05) is 38.1 Å². The van der Waals surface area contributed by atoms with Crippen LogP contribution < -0.4 is 5.73 Å². The van der Waals surface area contributed by atoms with E-state index in [1.54, 1.807) is 4.68 Å². The SMILES string of the molecule is CC(C)n1nc(-c2ccccc2Cl)nc1N. The number of aromatic nitrogens is 3. The number of rotatable bonds is 2. The van der Waals surface area contributed by atoms with E-state index in [1.165, 1.54) is 0 Å². The number of hydrogen-bond acceptors (Lipinski definition) is 3. The van der Waals surface area contributed by atoms with Crippen molar-refractivity contribution < 1.29 is 0 Å². The average Bonchev–Trinajstić information content (AvgIpc) is 2.61. The van der Waals surface area contributed by atoms with Crippen LogP contribution in [-0.4, -0.2) is 14.8 Å². The molecule has 4 nitrogen and oxygen atoms in total. The van der Waals surface area contributed by atoms with Crippen LogP contribution in [0.15, 0.2) is 24.3 Å². The molecule has 0 aliphatic heterocycles. The third-order valence-electron chi connectivity index (χ3n) is 2.26. The van der Waals surface area contributed by atoms with Gasteiger partial charge in [0.1, 0.15) is 0 Å². The lowest BCUT2D eigenvalue weighted by atomic mass is 10.2. The predicted molar refractivity (Wildman–Crippen MR) is 65.3 cm³/mol. The summed E-state index contributed by atoms with van der Waals surface area (Å²) in [7, 11) is 0. The lowest BCUT2D eigenvalue weighted by Crippen LogP contribution is -2.07. The quantitative estimate of drug-likeness (QED) is 0.872. The molecule has 0 atom stereocenters. The molecule has 1 aromatic heterocycles. The summed E-state index contributed by atoms with van der Waals surface area (Å²) in [6, 6.07) is 7.64. The summed E-state index contributed by atoms with van der Waals surface area (Å²) in [5.74, 6) is 0.974. The molecule has 0 unspecified atom stereocenters. The number of nitrogens with two attached hydrogens (primary N) is 1. The Kier molecular flexibility index (Phi) is 2.83. The van der Waals surface area contributed by atoms with Crippen LogP contribution in [0.2, 0.25) is 5.02 Å². The van der Waals surface area contributed by atoms with Crippen molar-refractivity contribution in [2.75, 3.05) is 5.73 Å². The lowest BCUT2D eigenvalue weighted by molar-refractivity contribution is 0.541. The fraction of sp³-hybridized carbons (Fsp3) is 0.273. The smallest absolute Gasteiger partial charge is 0.219 e. The standard InChI is InChI=1S/C11H13ClN4/c1-7(2)16-11(13)14-10(15-16)8-5-3-4-6-9(8)12/h3-7H,1-2H3,(H2,13,14,15). The Balaban J connectivity index is 2.50. The second kappa shape index (κ2) is 4.14. The highest BCUT2D eigenvalue weighted by molar-refractivity contribution is 6.33. The Labute approximate surface area is 99.1 Å². The van der Waals surface area contributed by atoms with Gasteiger partial charge in [0, 0.05) is 5.56 Å². The van der Waals surface area contributed by atoms with Crippen molar-refractivity contribution in [1.29, 1.82) is 0 Å². The van der Waals surface area contributed by atoms with Crippen LogP contribution in [0, 0.1) is 0 Å². The van der Waals surface area contributed by atoms with Gasteiger partial charge in [0.2, 0.25) is 5.95 Å². The molecule has 0 bridgehead atoms. The van der Waals surface area contributed by atoms with Crippen molar-refractivity contribution in [1.82, 2.24) is 14.8 Å². The Morgan fingerprint density at radius 2 is 2.00 bits per heavy atom. The molecule has 84 valence electrons. The molecule has 5 heteroatoms. The van der Waals surface area contributed by atoms with Crippen molar-refractivity contribution in [3.05, 3.63) is 29.3 Å². The third kappa shape index (κ3) is 1.88. The first kappa shape index (κ1) is 11.0. The van der Waals surface area contributed by atoms with E-state index in [4.69, 9.17) is 17.3 Å². The molecule has 16 heavy (non-hydrogen) atoms. The summed E-state index contributed by atoms with van der Waals surface area (Å²) >= 11 is 6.07. The fourth-order valence-electron chi connectivity index (χ4n) is 1.47. The number of anilines is 1. The minimum atomic E-state index is 0.184. The molecule has 1 aromatic carbocycles. The molecule has 0 radical (unpaired) electrons. The zero-order valence-electron chi connectivity index (χ0n) is 9.18. The predicted octanol–water partition coefficient (Wildman–Crippen LogP) is 2.76. The zero-order chi connectivity index (χ0) is 11.7. The molecular weight excluding hydrogens is 224 g/mol. The van der Waals surface area contributed by atoms with E-state index in [-0.39, 0.29) is 6.04 Å². The summed E-state index contributed by atoms with van der Waals surface area (Å²) in [6.45, 7) is 4.00. The van der Waals surface area contributed by atoms with Gasteiger partial charge in [-0.3, -0.25) is 0 Å². The minimum Gasteiger partial charge on any atom is -0.368 e. The van der Waals surface area contributed by atoms with E-state index in [9.17, 15) is 0 Å². The van der Waals surface area contributed by atoms with E-state index in [0.29, 0.717) is 16.8 Å². The summed E-state index contributed by atoms with van der Waals surface area (Å²) in [5.41, 5.74) is 6.58. The summed E-state index contributed by atoms with van der Waals surface area (Å²) in [5, 5.41) is 4.96. The normalized spacial score (nSPS) is 11.0. The van der Waals surface area contributed by atoms with Crippen LogP contribution in [0.1, 0.15) is 19.9 Å². The minimum absolute atomic E-state index is 0.184. The van der Waals surface area contributed by atoms with Gasteiger partial charge < -0.3 is 5.73 Å². The molecule has 1 heterocycles. The second-order valence-corrected chi connectivity index (χ2v) is 4.22. The van der Waals surface area contributed by atoms with Gasteiger partial charge in [-0.15, -0.1) is 5.10 Å². The maximum atomic E-state index is 6.07. The first-order valence-corrected chi connectivity index (χ1v) is 5.44. The molecule has 2 aromatic rings. The van der Waals surface area contributed by atoms with Crippen LogP contribution >= 0.6 is 11.6 Å². The Bertz CT molecular complexity index is 504. The molecule has 0 aliphatic rings. The van der Waals surface area contributed by atoms with E-state index in [2.05, 4.69) is 10.1 Å². The van der Waals surface area contributed by atoms with Crippen LogP contribution in [-0.2, 0) is 0 Å². The molecule has 0 spiro atoms. The third-order valence-corrected chi connectivity index (χ3v) is 2.59. The molecule has 0 aliphatic carbocycles. The average molecular weight is 237 g/mol. The molecule has 0 saturated heterocycles. The lowest BCUT2D eigenvalue weighted by Gasteiger charge is -2.04. The zero-order valence-corrected chi connectivity index (χ0v) is 9.94. The van der Waals surface area contributed by atoms with Gasteiger partial charge in [-0.2, -0.15) is 4.98 Å². The second-order valence-electron chi connectivity index (χ2n) is 3.81. The highest BCUT2D eigenvalue weighted by Gasteiger charge is 2.12. The molecular formula is C11H13ClN4. The summed E-state index contributed by atoms with van der Waals surface area (Å²) in [6.07, 6.45) is 0. The Morgan fingerprint density at radius 1 is 1.31 bits per heavy atom. The van der Waals surface area contributed by atoms with Crippen LogP contribution in [0.25, 0.3) is 11.4 Å². The molecule has 2 N–H and O–H groups in total. The van der Waals surface area contributed by atoms with E-state index >= 15 is 0 Å². The largest absolute Gasteiger partial charge is 0.368 e. The highest BCUT2D eigenvalue weighted by Crippen LogP contribution is 2.26. The van der Waals surface area contributed by atoms with Gasteiger partial charge in [0.25, 0.3) is 0 Å². The molecule has 0 fully saturated rings. The van der Waals surface area contributed by atoms with Gasteiger partial charge >= 0.3 is 0 Å². The molecule has 0 saturated carbocycles. The van der Waals surface area contributed by atoms with Gasteiger partial charge in [0.05, 0.1) is 11.1 Å². The summed E-state index contributed by atoms with van der Waals surface area (Å²) < 4.78 is 1.68. The van der Waals surface area contributed by atoms with Crippen LogP contribution in [0.4, 0.5) is 5.95 Å². The topological polar surface area (TPSA) is 56.7 Å². The van der Waals surface area contributed by atoms with Crippen molar-refractivity contribution in [3.8, 4) is 11.4 Å². The molecule has 2 rings (SSSR count). The van der Waals surface area contributed by atoms with Crippen molar-refractivity contribution in [2.24, 2.45) is 0 Å². The monoisotopic (exact) mass is 236 g/mol. The Morgan fingerprint density at radius 3 is 2.56 bits per heavy atom. The van der Waals surface area contributed by atoms with Gasteiger partial charge in [-0.25, -0.2) is 4.68 Å². The van der Waals surface area contributed by atoms with E-state index < -0.39 is 0 Å². The van der Waals surface area contributed by atoms with Crippen LogP contribution in [0.5, 0.6) is 0 Å². The van der Waals surface area contributed by atoms with Crippen molar-refractivity contribution in [3.63, 3.8) is 0 Å². The first-order chi connectivity index (χ1) is 7.59. The van der Waals surface area contributed by atoms with Crippen molar-refractivity contribution in [2.45, 2.75) is 19.9 Å². The number of nitrogen functional groups attached to an aromatic ring is 1. The van der Waals surface area contributed by atoms with Gasteiger partial charge in [0.15, 0.2) is 5.82 Å². The first-order valence-electron chi connectivity index (χ1n) is 5.06. The summed E-state index contributed by atoms with van der Waals surface area (Å²) in [4.78, 5) is 4.21. The van der Waals surface area contributed by atoms with E-state index in [0.717, 1.165) is 5.56 Å². The maximum Gasteiger partial charge on any atom is 0.219 e. The number of nitrogens with zero attached hydrogens (tertiary/aromatic N) is 3. The van der Waals surface area contributed by atoms with Gasteiger partial charge in [-0.05, 0) is 26.0 Å². The number of benzene rings is 1. The highest BCUT2D eigenvalue weighted by atomic mass is 35.5. The number of halogens is 1. The van der Waals surface area contributed by atoms with Crippen LogP contribution in [0.3, 0.4) is 0 Å². The van der Waals surface area contributed by atoms with Gasteiger partial charge in [-0.1, -0.05) is 23.7 Å². The molecule has 0 amide bonds. The fourth-order valence-corrected chi connectivity index (χ4v) is 1.69. The Hall–Kier alpha value is -1.55. The number of hydrogen-bond donors (Lipinski definition) is 1. The van der Waals surface area contributed by atoms with Crippen molar-refractivity contribution >= 4 is 17.5 Å². The maximum absolute atomic E-state index is 6.07.